The average Bonchev–Trinajstić information content (AvgIpc) is 2.43. The van der Waals surface area contributed by atoms with Crippen molar-refractivity contribution in [2.45, 2.75) is 71.9 Å². The fraction of sp³-hybridized carbons (Fsp3) is 0.667. The van der Waals surface area contributed by atoms with Crippen molar-refractivity contribution < 1.29 is 4.74 Å². The van der Waals surface area contributed by atoms with Crippen LogP contribution in [0.25, 0.3) is 0 Å². The first-order valence-electron chi connectivity index (χ1n) is 7.99. The van der Waals surface area contributed by atoms with E-state index in [0.29, 0.717) is 12.1 Å². The van der Waals surface area contributed by atoms with E-state index >= 15 is 0 Å². The van der Waals surface area contributed by atoms with Gasteiger partial charge in [-0.1, -0.05) is 44.7 Å². The molecule has 0 aliphatic rings. The third kappa shape index (κ3) is 5.54. The van der Waals surface area contributed by atoms with E-state index in [2.05, 4.69) is 51.2 Å². The van der Waals surface area contributed by atoms with Gasteiger partial charge in [0.05, 0.1) is 7.11 Å². The smallest absolute Gasteiger partial charge is 0.123 e. The summed E-state index contributed by atoms with van der Waals surface area (Å²) in [5.41, 5.74) is 2.49. The van der Waals surface area contributed by atoms with Gasteiger partial charge in [0.2, 0.25) is 0 Å². The molecule has 1 aromatic carbocycles. The van der Waals surface area contributed by atoms with Gasteiger partial charge in [0.1, 0.15) is 5.75 Å². The highest BCUT2D eigenvalue weighted by atomic mass is 16.5. The van der Waals surface area contributed by atoms with E-state index in [1.54, 1.807) is 7.11 Å². The summed E-state index contributed by atoms with van der Waals surface area (Å²) < 4.78 is 5.50. The summed E-state index contributed by atoms with van der Waals surface area (Å²) in [7, 11) is 1.75. The van der Waals surface area contributed by atoms with Gasteiger partial charge in [0.25, 0.3) is 0 Å². The van der Waals surface area contributed by atoms with Crippen molar-refractivity contribution in [2.75, 3.05) is 7.11 Å². The first-order valence-corrected chi connectivity index (χ1v) is 7.99. The average molecular weight is 277 g/mol. The van der Waals surface area contributed by atoms with Gasteiger partial charge >= 0.3 is 0 Å². The molecule has 2 heteroatoms. The minimum atomic E-state index is 0.326. The zero-order valence-corrected chi connectivity index (χ0v) is 13.8. The van der Waals surface area contributed by atoms with Crippen molar-refractivity contribution in [3.05, 3.63) is 29.3 Å². The molecule has 0 aliphatic carbocycles. The number of hydrogen-bond donors (Lipinski definition) is 1. The minimum Gasteiger partial charge on any atom is -0.496 e. The van der Waals surface area contributed by atoms with E-state index in [0.717, 1.165) is 5.75 Å². The van der Waals surface area contributed by atoms with Crippen molar-refractivity contribution in [3.63, 3.8) is 0 Å². The maximum atomic E-state index is 5.50. The van der Waals surface area contributed by atoms with E-state index in [1.165, 1.54) is 43.2 Å². The number of methoxy groups -OCH3 is 1. The molecule has 1 aromatic rings. The Hall–Kier alpha value is -1.02. The first kappa shape index (κ1) is 17.0. The molecule has 0 bridgehead atoms. The molecule has 0 aromatic heterocycles. The molecule has 0 spiro atoms. The van der Waals surface area contributed by atoms with Gasteiger partial charge in [-0.15, -0.1) is 0 Å². The number of hydrogen-bond acceptors (Lipinski definition) is 2. The molecule has 0 fully saturated rings. The number of rotatable bonds is 9. The Kier molecular flexibility index (Phi) is 7.68. The molecule has 114 valence electrons. The fourth-order valence-corrected chi connectivity index (χ4v) is 2.65. The second-order valence-electron chi connectivity index (χ2n) is 5.88. The predicted molar refractivity (Wildman–Crippen MR) is 87.5 cm³/mol. The van der Waals surface area contributed by atoms with E-state index in [1.807, 2.05) is 0 Å². The van der Waals surface area contributed by atoms with Gasteiger partial charge in [0, 0.05) is 17.6 Å². The van der Waals surface area contributed by atoms with E-state index < -0.39 is 0 Å². The van der Waals surface area contributed by atoms with E-state index in [9.17, 15) is 0 Å². The molecule has 0 saturated carbocycles. The van der Waals surface area contributed by atoms with Gasteiger partial charge in [-0.05, 0) is 38.8 Å². The van der Waals surface area contributed by atoms with Gasteiger partial charge in [-0.3, -0.25) is 0 Å². The lowest BCUT2D eigenvalue weighted by molar-refractivity contribution is 0.389. The standard InChI is InChI=1S/C18H31NO/c1-6-7-8-9-10-15(3)19-16(4)17-12-11-14(2)13-18(17)20-5/h11-13,15-16,19H,6-10H2,1-5H3. The lowest BCUT2D eigenvalue weighted by Crippen LogP contribution is -2.29. The number of aryl methyl sites for hydroxylation is 1. The summed E-state index contributed by atoms with van der Waals surface area (Å²) in [4.78, 5) is 0. The van der Waals surface area contributed by atoms with Crippen molar-refractivity contribution in [2.24, 2.45) is 0 Å². The molecule has 1 rings (SSSR count). The maximum absolute atomic E-state index is 5.50. The van der Waals surface area contributed by atoms with Gasteiger partial charge < -0.3 is 10.1 Å². The normalized spacial score (nSPS) is 14.1. The molecule has 0 aliphatic heterocycles. The van der Waals surface area contributed by atoms with Crippen molar-refractivity contribution in [1.29, 1.82) is 0 Å². The topological polar surface area (TPSA) is 21.3 Å². The monoisotopic (exact) mass is 277 g/mol. The zero-order chi connectivity index (χ0) is 15.0. The molecule has 0 amide bonds. The summed E-state index contributed by atoms with van der Waals surface area (Å²) in [5.74, 6) is 0.989. The zero-order valence-electron chi connectivity index (χ0n) is 13.8. The largest absolute Gasteiger partial charge is 0.496 e. The highest BCUT2D eigenvalue weighted by Gasteiger charge is 2.13. The lowest BCUT2D eigenvalue weighted by Gasteiger charge is -2.22. The lowest BCUT2D eigenvalue weighted by atomic mass is 10.0. The quantitative estimate of drug-likeness (QED) is 0.640. The second kappa shape index (κ2) is 9.02. The van der Waals surface area contributed by atoms with Crippen LogP contribution >= 0.6 is 0 Å². The Bertz CT molecular complexity index is 389. The second-order valence-corrected chi connectivity index (χ2v) is 5.88. The molecule has 20 heavy (non-hydrogen) atoms. The Labute approximate surface area is 124 Å². The van der Waals surface area contributed by atoms with Crippen LogP contribution in [-0.4, -0.2) is 13.2 Å². The molecule has 2 atom stereocenters. The van der Waals surface area contributed by atoms with Crippen LogP contribution in [0.4, 0.5) is 0 Å². The highest BCUT2D eigenvalue weighted by Crippen LogP contribution is 2.26. The van der Waals surface area contributed by atoms with Crippen molar-refractivity contribution in [3.8, 4) is 5.75 Å². The highest BCUT2D eigenvalue weighted by molar-refractivity contribution is 5.39. The third-order valence-electron chi connectivity index (χ3n) is 3.88. The number of nitrogens with one attached hydrogen (secondary N) is 1. The minimum absolute atomic E-state index is 0.326. The number of benzene rings is 1. The Morgan fingerprint density at radius 3 is 2.55 bits per heavy atom. The molecule has 2 unspecified atom stereocenters. The van der Waals surface area contributed by atoms with Crippen LogP contribution in [-0.2, 0) is 0 Å². The summed E-state index contributed by atoms with van der Waals surface area (Å²) in [6, 6.07) is 7.32. The van der Waals surface area contributed by atoms with Crippen LogP contribution in [0.2, 0.25) is 0 Å². The molecular formula is C18H31NO. The van der Waals surface area contributed by atoms with Crippen LogP contribution in [0.5, 0.6) is 5.75 Å². The summed E-state index contributed by atoms with van der Waals surface area (Å²) in [6.07, 6.45) is 6.58. The maximum Gasteiger partial charge on any atom is 0.123 e. The van der Waals surface area contributed by atoms with Crippen molar-refractivity contribution in [1.82, 2.24) is 5.32 Å². The Morgan fingerprint density at radius 1 is 1.15 bits per heavy atom. The summed E-state index contributed by atoms with van der Waals surface area (Å²) in [6.45, 7) is 8.85. The summed E-state index contributed by atoms with van der Waals surface area (Å²) >= 11 is 0. The van der Waals surface area contributed by atoms with Gasteiger partial charge in [0.15, 0.2) is 0 Å². The van der Waals surface area contributed by atoms with Crippen LogP contribution in [0.15, 0.2) is 18.2 Å². The molecule has 0 saturated heterocycles. The number of ether oxygens (including phenoxy) is 1. The van der Waals surface area contributed by atoms with Crippen LogP contribution in [0.1, 0.15) is 70.0 Å². The van der Waals surface area contributed by atoms with Crippen LogP contribution < -0.4 is 10.1 Å². The molecule has 1 N–H and O–H groups in total. The summed E-state index contributed by atoms with van der Waals surface area (Å²) in [5, 5.41) is 3.69. The van der Waals surface area contributed by atoms with Gasteiger partial charge in [-0.2, -0.15) is 0 Å². The Morgan fingerprint density at radius 2 is 1.90 bits per heavy atom. The third-order valence-corrected chi connectivity index (χ3v) is 3.88. The van der Waals surface area contributed by atoms with Crippen LogP contribution in [0, 0.1) is 6.92 Å². The van der Waals surface area contributed by atoms with E-state index in [-0.39, 0.29) is 0 Å². The molecular weight excluding hydrogens is 246 g/mol. The fourth-order valence-electron chi connectivity index (χ4n) is 2.65. The van der Waals surface area contributed by atoms with E-state index in [4.69, 9.17) is 4.74 Å². The SMILES string of the molecule is CCCCCCC(C)NC(C)c1ccc(C)cc1OC. The molecule has 0 radical (unpaired) electrons. The number of unbranched alkanes of at least 4 members (excludes halogenated alkanes) is 3. The molecule has 0 heterocycles. The first-order chi connectivity index (χ1) is 9.58. The Balaban J connectivity index is 2.51. The van der Waals surface area contributed by atoms with Gasteiger partial charge in [-0.25, -0.2) is 0 Å². The predicted octanol–water partition coefficient (Wildman–Crippen LogP) is 5.01. The molecule has 2 nitrogen and oxygen atoms in total. The van der Waals surface area contributed by atoms with Crippen LogP contribution in [0.3, 0.4) is 0 Å². The van der Waals surface area contributed by atoms with Crippen molar-refractivity contribution >= 4 is 0 Å².